The molecule has 3 aliphatic heterocycles. The van der Waals surface area contributed by atoms with Crippen LogP contribution in [0.5, 0.6) is 0 Å². The Labute approximate surface area is 178 Å². The fourth-order valence-electron chi connectivity index (χ4n) is 4.68. The van der Waals surface area contributed by atoms with Gasteiger partial charge in [0.15, 0.2) is 11.5 Å². The number of carbonyl (C=O) groups excluding carboxylic acids is 3. The number of fused-ring (bicyclic) bond motifs is 4. The normalized spacial score (nSPS) is 30.3. The number of allylic oxidation sites excluding steroid dienone is 2. The molecule has 12 heteroatoms. The van der Waals surface area contributed by atoms with Crippen molar-refractivity contribution in [1.29, 1.82) is 0 Å². The number of aliphatic hydroxyl groups excluding tert-OH is 1. The van der Waals surface area contributed by atoms with E-state index in [9.17, 15) is 19.5 Å². The van der Waals surface area contributed by atoms with E-state index >= 15 is 0 Å². The summed E-state index contributed by atoms with van der Waals surface area (Å²) >= 11 is 0. The van der Waals surface area contributed by atoms with Gasteiger partial charge in [0.2, 0.25) is 17.5 Å². The Balaban J connectivity index is 0.000000628. The Morgan fingerprint density at radius 2 is 2.00 bits per heavy atom. The van der Waals surface area contributed by atoms with Crippen molar-refractivity contribution in [2.24, 2.45) is 11.7 Å². The predicted molar refractivity (Wildman–Crippen MR) is 104 cm³/mol. The van der Waals surface area contributed by atoms with Crippen molar-refractivity contribution >= 4 is 23.6 Å². The van der Waals surface area contributed by atoms with Gasteiger partial charge in [-0.2, -0.15) is 0 Å². The number of hydrogen-bond donors (Lipinski definition) is 5. The van der Waals surface area contributed by atoms with Crippen molar-refractivity contribution in [3.63, 3.8) is 0 Å². The molecule has 4 atom stereocenters. The Morgan fingerprint density at radius 3 is 2.55 bits per heavy atom. The molecule has 4 aliphatic rings. The van der Waals surface area contributed by atoms with Gasteiger partial charge in [0.1, 0.15) is 6.61 Å². The Hall–Kier alpha value is -2.96. The molecule has 0 aromatic rings. The van der Waals surface area contributed by atoms with Crippen LogP contribution in [-0.2, 0) is 23.9 Å². The molecular weight excluding hydrogens is 412 g/mol. The number of nitrogens with zero attached hydrogens (tertiary/aromatic N) is 1. The maximum Gasteiger partial charge on any atom is 0.402 e. The van der Waals surface area contributed by atoms with Gasteiger partial charge < -0.3 is 41.0 Å². The van der Waals surface area contributed by atoms with Crippen LogP contribution < -0.4 is 16.4 Å². The predicted octanol–water partition coefficient (Wildman–Crippen LogP) is -1.94. The lowest BCUT2D eigenvalue weighted by molar-refractivity contribution is -0.137. The van der Waals surface area contributed by atoms with E-state index in [1.54, 1.807) is 6.92 Å². The van der Waals surface area contributed by atoms with E-state index in [0.29, 0.717) is 12.2 Å². The summed E-state index contributed by atoms with van der Waals surface area (Å²) in [6.07, 6.45) is -1.33. The SMILES string of the molecule is COC12C(CO)C3=C(C(=O)C(C)=C(OCCNC(C)=O)C3=O)N1CC1NC12.NC(=O)O. The molecule has 0 bridgehead atoms. The lowest BCUT2D eigenvalue weighted by atomic mass is 9.83. The number of methoxy groups -OCH3 is 1. The van der Waals surface area contributed by atoms with Crippen molar-refractivity contribution in [3.05, 3.63) is 22.6 Å². The number of aliphatic hydroxyl groups is 1. The number of carbonyl (C=O) groups is 4. The molecule has 170 valence electrons. The quantitative estimate of drug-likeness (QED) is 0.177. The van der Waals surface area contributed by atoms with Crippen LogP contribution in [0, 0.1) is 5.92 Å². The highest BCUT2D eigenvalue weighted by atomic mass is 16.5. The largest absolute Gasteiger partial charge is 0.487 e. The van der Waals surface area contributed by atoms with Crippen LogP contribution in [0.4, 0.5) is 4.79 Å². The second kappa shape index (κ2) is 8.29. The summed E-state index contributed by atoms with van der Waals surface area (Å²) in [7, 11) is 1.54. The summed E-state index contributed by atoms with van der Waals surface area (Å²) in [4.78, 5) is 47.8. The number of amides is 2. The molecule has 3 heterocycles. The summed E-state index contributed by atoms with van der Waals surface area (Å²) in [5.74, 6) is -1.54. The van der Waals surface area contributed by atoms with Crippen molar-refractivity contribution in [2.45, 2.75) is 31.7 Å². The van der Waals surface area contributed by atoms with Gasteiger partial charge in [-0.1, -0.05) is 0 Å². The van der Waals surface area contributed by atoms with E-state index in [2.05, 4.69) is 16.4 Å². The number of rotatable bonds is 6. The van der Waals surface area contributed by atoms with Gasteiger partial charge in [-0.25, -0.2) is 4.79 Å². The molecule has 6 N–H and O–H groups in total. The number of ketones is 2. The molecule has 2 amide bonds. The monoisotopic (exact) mass is 438 g/mol. The van der Waals surface area contributed by atoms with Crippen LogP contribution in [0.2, 0.25) is 0 Å². The second-order valence-corrected chi connectivity index (χ2v) is 7.60. The number of ether oxygens (including phenoxy) is 2. The third-order valence-electron chi connectivity index (χ3n) is 5.89. The summed E-state index contributed by atoms with van der Waals surface area (Å²) in [5, 5.41) is 23.2. The first-order chi connectivity index (χ1) is 14.6. The van der Waals surface area contributed by atoms with E-state index in [0.717, 1.165) is 0 Å². The number of nitrogens with one attached hydrogen (secondary N) is 2. The average molecular weight is 438 g/mol. The van der Waals surface area contributed by atoms with Crippen LogP contribution >= 0.6 is 0 Å². The van der Waals surface area contributed by atoms with E-state index in [4.69, 9.17) is 19.4 Å². The van der Waals surface area contributed by atoms with Gasteiger partial charge >= 0.3 is 6.09 Å². The zero-order valence-electron chi connectivity index (χ0n) is 17.4. The van der Waals surface area contributed by atoms with Gasteiger partial charge in [0.25, 0.3) is 0 Å². The highest BCUT2D eigenvalue weighted by molar-refractivity contribution is 6.25. The molecule has 2 fully saturated rings. The molecule has 1 aliphatic carbocycles. The zero-order chi connectivity index (χ0) is 23.1. The molecule has 0 spiro atoms. The van der Waals surface area contributed by atoms with Crippen LogP contribution in [-0.4, -0.2) is 89.9 Å². The molecule has 4 rings (SSSR count). The number of carboxylic acid groups (broad SMARTS) is 1. The number of primary amides is 1. The third kappa shape index (κ3) is 3.56. The molecule has 0 radical (unpaired) electrons. The average Bonchev–Trinajstić information content (AvgIpc) is 3.30. The van der Waals surface area contributed by atoms with Gasteiger partial charge in [-0.3, -0.25) is 14.4 Å². The van der Waals surface area contributed by atoms with Crippen molar-refractivity contribution < 1.29 is 38.9 Å². The molecule has 12 nitrogen and oxygen atoms in total. The van der Waals surface area contributed by atoms with E-state index in [1.165, 1.54) is 14.0 Å². The van der Waals surface area contributed by atoms with Crippen molar-refractivity contribution in [3.8, 4) is 0 Å². The molecule has 2 saturated heterocycles. The minimum atomic E-state index is -1.33. The Morgan fingerprint density at radius 1 is 1.35 bits per heavy atom. The van der Waals surface area contributed by atoms with Crippen LogP contribution in [0.15, 0.2) is 22.6 Å². The van der Waals surface area contributed by atoms with Gasteiger partial charge in [0, 0.05) is 37.8 Å². The van der Waals surface area contributed by atoms with Gasteiger partial charge in [0.05, 0.1) is 30.8 Å². The van der Waals surface area contributed by atoms with Crippen LogP contribution in [0.3, 0.4) is 0 Å². The van der Waals surface area contributed by atoms with Gasteiger partial charge in [-0.15, -0.1) is 0 Å². The summed E-state index contributed by atoms with van der Waals surface area (Å²) in [6.45, 7) is 3.49. The van der Waals surface area contributed by atoms with Gasteiger partial charge in [-0.05, 0) is 6.92 Å². The minimum Gasteiger partial charge on any atom is -0.487 e. The highest BCUT2D eigenvalue weighted by Gasteiger charge is 2.72. The Kier molecular flexibility index (Phi) is 6.07. The molecule has 0 aromatic carbocycles. The molecule has 4 unspecified atom stereocenters. The minimum absolute atomic E-state index is 0.0183. The van der Waals surface area contributed by atoms with Crippen molar-refractivity contribution in [2.75, 3.05) is 33.4 Å². The lowest BCUT2D eigenvalue weighted by Gasteiger charge is -2.39. The molecule has 0 aromatic heterocycles. The standard InChI is InChI=1S/C18H23N3O6.CH3NO2/c1-8-14(24)13-12(15(25)16(8)27-5-4-19-9(2)23)10(7-22)18(26-3)17-11(20-17)6-21(13)18;2-1(3)4/h10-11,17,20,22H,4-7H2,1-3H3,(H,19,23);2H2,(H,3,4). The van der Waals surface area contributed by atoms with E-state index in [1.807, 2.05) is 4.90 Å². The van der Waals surface area contributed by atoms with Crippen LogP contribution in [0.25, 0.3) is 0 Å². The first-order valence-electron chi connectivity index (χ1n) is 9.71. The fourth-order valence-corrected chi connectivity index (χ4v) is 4.68. The number of hydrogen-bond acceptors (Lipinski definition) is 9. The lowest BCUT2D eigenvalue weighted by Crippen LogP contribution is -2.54. The molecular formula is C19H26N4O8. The zero-order valence-corrected chi connectivity index (χ0v) is 17.4. The second-order valence-electron chi connectivity index (χ2n) is 7.60. The molecule has 31 heavy (non-hydrogen) atoms. The maximum atomic E-state index is 13.2. The number of nitrogens with two attached hydrogens (primary N) is 1. The molecule has 0 saturated carbocycles. The summed E-state index contributed by atoms with van der Waals surface area (Å²) in [5.41, 5.74) is 3.92. The first-order valence-corrected chi connectivity index (χ1v) is 9.71. The van der Waals surface area contributed by atoms with E-state index in [-0.39, 0.29) is 60.4 Å². The highest BCUT2D eigenvalue weighted by Crippen LogP contribution is 2.55. The topological polar surface area (TPSA) is 190 Å². The Bertz CT molecular complexity index is 893. The number of piperazine rings is 1. The first kappa shape index (κ1) is 22.7. The van der Waals surface area contributed by atoms with Crippen LogP contribution in [0.1, 0.15) is 13.8 Å². The number of Topliss-reactive ketones (excluding diaryl/α,β-unsaturated/α-hetero) is 2. The fraction of sp³-hybridized carbons (Fsp3) is 0.579. The third-order valence-corrected chi connectivity index (χ3v) is 5.89. The maximum absolute atomic E-state index is 13.2. The van der Waals surface area contributed by atoms with Crippen molar-refractivity contribution in [1.82, 2.24) is 15.5 Å². The van der Waals surface area contributed by atoms with E-state index < -0.39 is 23.5 Å². The summed E-state index contributed by atoms with van der Waals surface area (Å²) in [6, 6.07) is 0.158. The summed E-state index contributed by atoms with van der Waals surface area (Å²) < 4.78 is 11.4. The smallest absolute Gasteiger partial charge is 0.402 e.